The molecule has 5 saturated carbocycles. The predicted molar refractivity (Wildman–Crippen MR) is 109 cm³/mol. The molecular weight excluding hydrogens is 368 g/mol. The fourth-order valence-electron chi connectivity index (χ4n) is 6.09. The van der Waals surface area contributed by atoms with Crippen molar-refractivity contribution in [3.63, 3.8) is 0 Å². The third-order valence-corrected chi connectivity index (χ3v) is 7.32. The molecule has 2 unspecified atom stereocenters. The Hall–Kier alpha value is -1.89. The van der Waals surface area contributed by atoms with Crippen LogP contribution in [-0.4, -0.2) is 44.8 Å². The van der Waals surface area contributed by atoms with Gasteiger partial charge in [0.25, 0.3) is 5.91 Å². The minimum Gasteiger partial charge on any atom is -0.474 e. The lowest BCUT2D eigenvalue weighted by molar-refractivity contribution is -0.136. The summed E-state index contributed by atoms with van der Waals surface area (Å²) in [5.41, 5.74) is -0.105. The van der Waals surface area contributed by atoms with Crippen LogP contribution in [0.2, 0.25) is 0 Å². The lowest BCUT2D eigenvalue weighted by Crippen LogP contribution is -2.61. The van der Waals surface area contributed by atoms with E-state index in [0.717, 1.165) is 44.9 Å². The average molecular weight is 401 g/mol. The molecule has 158 valence electrons. The number of carbonyl (C=O) groups is 1. The zero-order valence-corrected chi connectivity index (χ0v) is 17.4. The Balaban J connectivity index is 1.33. The SMILES string of the molecule is CC(C)Oc1nc(NC2CCC2)ncc1C(=O)N[C@H]1C2CC3CC1C[C@@](O)(C3)C2. The highest BCUT2D eigenvalue weighted by molar-refractivity contribution is 5.96. The summed E-state index contributed by atoms with van der Waals surface area (Å²) in [6.45, 7) is 3.86. The summed E-state index contributed by atoms with van der Waals surface area (Å²) in [5.74, 6) is 2.05. The van der Waals surface area contributed by atoms with Gasteiger partial charge in [-0.2, -0.15) is 4.98 Å². The van der Waals surface area contributed by atoms with Gasteiger partial charge in [0, 0.05) is 18.3 Å². The van der Waals surface area contributed by atoms with E-state index in [-0.39, 0.29) is 18.1 Å². The number of rotatable bonds is 6. The highest BCUT2D eigenvalue weighted by atomic mass is 16.5. The van der Waals surface area contributed by atoms with Crippen molar-refractivity contribution in [1.82, 2.24) is 15.3 Å². The van der Waals surface area contributed by atoms with Crippen LogP contribution in [0, 0.1) is 17.8 Å². The van der Waals surface area contributed by atoms with Gasteiger partial charge in [0.1, 0.15) is 5.56 Å². The van der Waals surface area contributed by atoms with Crippen LogP contribution in [0.1, 0.15) is 75.6 Å². The lowest BCUT2D eigenvalue weighted by Gasteiger charge is -2.58. The van der Waals surface area contributed by atoms with Gasteiger partial charge in [-0.15, -0.1) is 0 Å². The summed E-state index contributed by atoms with van der Waals surface area (Å²) in [6.07, 6.45) is 9.77. The van der Waals surface area contributed by atoms with Crippen molar-refractivity contribution in [2.75, 3.05) is 5.32 Å². The maximum absolute atomic E-state index is 13.2. The van der Waals surface area contributed by atoms with Crippen LogP contribution in [0.25, 0.3) is 0 Å². The lowest BCUT2D eigenvalue weighted by atomic mass is 9.52. The maximum atomic E-state index is 13.2. The van der Waals surface area contributed by atoms with Crippen molar-refractivity contribution in [1.29, 1.82) is 0 Å². The van der Waals surface area contributed by atoms with E-state index in [1.165, 1.54) is 6.42 Å². The molecule has 5 fully saturated rings. The minimum atomic E-state index is -0.498. The molecule has 29 heavy (non-hydrogen) atoms. The summed E-state index contributed by atoms with van der Waals surface area (Å²) in [5, 5.41) is 17.4. The van der Waals surface area contributed by atoms with Gasteiger partial charge >= 0.3 is 0 Å². The smallest absolute Gasteiger partial charge is 0.258 e. The van der Waals surface area contributed by atoms with E-state index in [1.54, 1.807) is 6.20 Å². The molecule has 3 N–H and O–H groups in total. The number of ether oxygens (including phenoxy) is 1. The van der Waals surface area contributed by atoms with Crippen LogP contribution >= 0.6 is 0 Å². The Morgan fingerprint density at radius 3 is 2.55 bits per heavy atom. The second-order valence-electron chi connectivity index (χ2n) is 10.0. The standard InChI is InChI=1S/C22H32N4O3/c1-12(2)29-20-17(11-23-21(26-20)24-16-4-3-5-16)19(27)25-18-14-6-13-7-15(18)10-22(28,8-13)9-14/h11-16,18,28H,3-10H2,1-2H3,(H,25,27)(H,23,24,26)/t13?,14?,15?,18-,22+. The number of hydrogen-bond donors (Lipinski definition) is 3. The first-order valence-electron chi connectivity index (χ1n) is 11.2. The Bertz CT molecular complexity index is 778. The van der Waals surface area contributed by atoms with E-state index < -0.39 is 5.60 Å². The Labute approximate surface area is 172 Å². The first kappa shape index (κ1) is 19.1. The molecule has 1 aromatic rings. The number of amides is 1. The number of nitrogens with one attached hydrogen (secondary N) is 2. The molecule has 0 aromatic carbocycles. The molecule has 7 heteroatoms. The number of carbonyl (C=O) groups excluding carboxylic acids is 1. The number of aromatic nitrogens is 2. The molecule has 1 heterocycles. The minimum absolute atomic E-state index is 0.0802. The zero-order valence-electron chi connectivity index (χ0n) is 17.4. The summed E-state index contributed by atoms with van der Waals surface area (Å²) < 4.78 is 5.87. The van der Waals surface area contributed by atoms with E-state index in [9.17, 15) is 9.90 Å². The van der Waals surface area contributed by atoms with Crippen molar-refractivity contribution in [2.24, 2.45) is 17.8 Å². The molecular formula is C22H32N4O3. The van der Waals surface area contributed by atoms with Crippen LogP contribution in [0.5, 0.6) is 5.88 Å². The number of aliphatic hydroxyl groups is 1. The summed E-state index contributed by atoms with van der Waals surface area (Å²) in [4.78, 5) is 22.1. The second-order valence-corrected chi connectivity index (χ2v) is 10.0. The van der Waals surface area contributed by atoms with Gasteiger partial charge in [-0.3, -0.25) is 4.79 Å². The normalized spacial score (nSPS) is 35.4. The fourth-order valence-corrected chi connectivity index (χ4v) is 6.09. The molecule has 2 atom stereocenters. The molecule has 0 saturated heterocycles. The monoisotopic (exact) mass is 400 g/mol. The fraction of sp³-hybridized carbons (Fsp3) is 0.773. The summed E-state index contributed by atoms with van der Waals surface area (Å²) in [6, 6.07) is 0.541. The highest BCUT2D eigenvalue weighted by Crippen LogP contribution is 2.55. The van der Waals surface area contributed by atoms with Gasteiger partial charge in [-0.1, -0.05) is 0 Å². The van der Waals surface area contributed by atoms with Gasteiger partial charge in [-0.25, -0.2) is 4.98 Å². The van der Waals surface area contributed by atoms with E-state index in [1.807, 2.05) is 13.8 Å². The molecule has 5 aliphatic rings. The molecule has 0 radical (unpaired) electrons. The van der Waals surface area contributed by atoms with Crippen LogP contribution in [0.3, 0.4) is 0 Å². The maximum Gasteiger partial charge on any atom is 0.258 e. The van der Waals surface area contributed by atoms with E-state index in [4.69, 9.17) is 4.74 Å². The van der Waals surface area contributed by atoms with E-state index in [2.05, 4.69) is 20.6 Å². The topological polar surface area (TPSA) is 96.4 Å². The van der Waals surface area contributed by atoms with E-state index in [0.29, 0.717) is 41.2 Å². The molecule has 7 nitrogen and oxygen atoms in total. The highest BCUT2D eigenvalue weighted by Gasteiger charge is 2.55. The van der Waals surface area contributed by atoms with Crippen LogP contribution in [0.15, 0.2) is 6.20 Å². The average Bonchev–Trinajstić information content (AvgIpc) is 2.59. The zero-order chi connectivity index (χ0) is 20.2. The van der Waals surface area contributed by atoms with Gasteiger partial charge in [0.15, 0.2) is 0 Å². The Morgan fingerprint density at radius 2 is 1.97 bits per heavy atom. The summed E-state index contributed by atoms with van der Waals surface area (Å²) >= 11 is 0. The Morgan fingerprint density at radius 1 is 1.24 bits per heavy atom. The molecule has 0 aliphatic heterocycles. The quantitative estimate of drug-likeness (QED) is 0.679. The van der Waals surface area contributed by atoms with Crippen LogP contribution in [0.4, 0.5) is 5.95 Å². The van der Waals surface area contributed by atoms with Crippen LogP contribution in [-0.2, 0) is 0 Å². The Kier molecular flexibility index (Phi) is 4.68. The van der Waals surface area contributed by atoms with Crippen molar-refractivity contribution >= 4 is 11.9 Å². The van der Waals surface area contributed by atoms with E-state index >= 15 is 0 Å². The molecule has 4 bridgehead atoms. The van der Waals surface area contributed by atoms with Crippen molar-refractivity contribution < 1.29 is 14.6 Å². The predicted octanol–water partition coefficient (Wildman–Crippen LogP) is 2.90. The molecule has 5 aliphatic carbocycles. The number of hydrogen-bond acceptors (Lipinski definition) is 6. The van der Waals surface area contributed by atoms with Gasteiger partial charge in [-0.05, 0) is 83.0 Å². The first-order valence-corrected chi connectivity index (χ1v) is 11.2. The third kappa shape index (κ3) is 3.69. The van der Waals surface area contributed by atoms with Crippen molar-refractivity contribution in [2.45, 2.75) is 89.0 Å². The number of nitrogens with zero attached hydrogens (tertiary/aromatic N) is 2. The molecule has 1 aromatic heterocycles. The molecule has 6 rings (SSSR count). The second kappa shape index (κ2) is 7.11. The largest absolute Gasteiger partial charge is 0.474 e. The number of anilines is 1. The van der Waals surface area contributed by atoms with Crippen molar-refractivity contribution in [3.8, 4) is 5.88 Å². The molecule has 1 amide bonds. The van der Waals surface area contributed by atoms with Gasteiger partial charge < -0.3 is 20.5 Å². The van der Waals surface area contributed by atoms with Crippen LogP contribution < -0.4 is 15.4 Å². The van der Waals surface area contributed by atoms with Gasteiger partial charge in [0.05, 0.1) is 11.7 Å². The summed E-state index contributed by atoms with van der Waals surface area (Å²) in [7, 11) is 0. The van der Waals surface area contributed by atoms with Crippen molar-refractivity contribution in [3.05, 3.63) is 11.8 Å². The third-order valence-electron chi connectivity index (χ3n) is 7.32. The molecule has 0 spiro atoms. The first-order chi connectivity index (χ1) is 13.9. The van der Waals surface area contributed by atoms with Gasteiger partial charge in [0.2, 0.25) is 11.8 Å².